The maximum Gasteiger partial charge on any atom is 0.313 e. The van der Waals surface area contributed by atoms with Gasteiger partial charge in [-0.15, -0.1) is 0 Å². The molecule has 1 heterocycles. The van der Waals surface area contributed by atoms with Crippen molar-refractivity contribution in [2.24, 2.45) is 5.41 Å². The first kappa shape index (κ1) is 13.3. The molecule has 0 aromatic rings. The van der Waals surface area contributed by atoms with Gasteiger partial charge in [0.25, 0.3) is 0 Å². The molecule has 0 N–H and O–H groups in total. The Balaban J connectivity index is 2.05. The van der Waals surface area contributed by atoms with Crippen molar-refractivity contribution in [3.8, 4) is 6.07 Å². The topological polar surface area (TPSA) is 68.6 Å². The molecule has 5 nitrogen and oxygen atoms in total. The van der Waals surface area contributed by atoms with Crippen LogP contribution in [0.1, 0.15) is 45.4 Å². The Kier molecular flexibility index (Phi) is 3.88. The lowest BCUT2D eigenvalue weighted by molar-refractivity contribution is -0.317. The van der Waals surface area contributed by atoms with E-state index in [1.807, 2.05) is 0 Å². The maximum atomic E-state index is 12.1. The summed E-state index contributed by atoms with van der Waals surface area (Å²) in [6.07, 6.45) is 3.90. The zero-order valence-electron chi connectivity index (χ0n) is 10.7. The maximum absolute atomic E-state index is 12.1. The van der Waals surface area contributed by atoms with Crippen LogP contribution in [0.15, 0.2) is 0 Å². The molecule has 0 bridgehead atoms. The third kappa shape index (κ3) is 2.36. The summed E-state index contributed by atoms with van der Waals surface area (Å²) in [6, 6.07) is 2.12. The van der Waals surface area contributed by atoms with E-state index in [1.54, 1.807) is 6.92 Å². The number of hydrogen-bond donors (Lipinski definition) is 0. The molecule has 1 aliphatic heterocycles. The smallest absolute Gasteiger partial charge is 0.313 e. The van der Waals surface area contributed by atoms with Crippen molar-refractivity contribution in [2.75, 3.05) is 13.2 Å². The Morgan fingerprint density at radius 2 is 2.06 bits per heavy atom. The van der Waals surface area contributed by atoms with Crippen molar-refractivity contribution in [3.63, 3.8) is 0 Å². The summed E-state index contributed by atoms with van der Waals surface area (Å²) in [7, 11) is 0. The van der Waals surface area contributed by atoms with E-state index in [2.05, 4.69) is 6.07 Å². The number of rotatable bonds is 3. The third-order valence-corrected chi connectivity index (χ3v) is 4.12. The normalized spacial score (nSPS) is 35.3. The molecule has 2 aliphatic rings. The van der Waals surface area contributed by atoms with Gasteiger partial charge in [0.15, 0.2) is 0 Å². The summed E-state index contributed by atoms with van der Waals surface area (Å²) in [5.41, 5.74) is -0.868. The molecule has 100 valence electrons. The molecule has 0 amide bonds. The fourth-order valence-corrected chi connectivity index (χ4v) is 2.84. The van der Waals surface area contributed by atoms with E-state index in [4.69, 9.17) is 19.8 Å². The van der Waals surface area contributed by atoms with Crippen LogP contribution in [0.25, 0.3) is 0 Å². The van der Waals surface area contributed by atoms with Crippen molar-refractivity contribution in [2.45, 2.75) is 51.0 Å². The summed E-state index contributed by atoms with van der Waals surface area (Å²) in [5, 5.41) is 8.94. The van der Waals surface area contributed by atoms with Crippen molar-refractivity contribution >= 4 is 5.97 Å². The number of ether oxygens (including phenoxy) is 1. The first-order valence-electron chi connectivity index (χ1n) is 6.51. The molecule has 1 spiro atoms. The summed E-state index contributed by atoms with van der Waals surface area (Å²) < 4.78 is 5.13. The molecule has 2 fully saturated rings. The van der Waals surface area contributed by atoms with Crippen LogP contribution in [0.2, 0.25) is 0 Å². The second kappa shape index (κ2) is 5.25. The zero-order valence-corrected chi connectivity index (χ0v) is 10.7. The van der Waals surface area contributed by atoms with Crippen molar-refractivity contribution < 1.29 is 19.3 Å². The molecule has 0 radical (unpaired) electrons. The second-order valence-corrected chi connectivity index (χ2v) is 5.17. The van der Waals surface area contributed by atoms with Gasteiger partial charge in [-0.05, 0) is 32.6 Å². The molecule has 5 heteroatoms. The predicted octanol–water partition coefficient (Wildman–Crippen LogP) is 2.11. The fourth-order valence-electron chi connectivity index (χ4n) is 2.84. The predicted molar refractivity (Wildman–Crippen MR) is 62.1 cm³/mol. The van der Waals surface area contributed by atoms with Crippen LogP contribution >= 0.6 is 0 Å². The van der Waals surface area contributed by atoms with E-state index >= 15 is 0 Å². The van der Waals surface area contributed by atoms with E-state index in [0.717, 1.165) is 19.3 Å². The third-order valence-electron chi connectivity index (χ3n) is 4.12. The molecule has 18 heavy (non-hydrogen) atoms. The minimum Gasteiger partial charge on any atom is -0.466 e. The Bertz CT molecular complexity index is 344. The summed E-state index contributed by atoms with van der Waals surface area (Å²) in [5.74, 6) is -0.236. The van der Waals surface area contributed by atoms with Crippen LogP contribution in [-0.4, -0.2) is 24.8 Å². The highest BCUT2D eigenvalue weighted by atomic mass is 17.2. The van der Waals surface area contributed by atoms with Crippen LogP contribution in [0.3, 0.4) is 0 Å². The Morgan fingerprint density at radius 1 is 1.33 bits per heavy atom. The standard InChI is InChI=1S/C13H19NO4/c1-2-16-11(15)12(7-9-14)3-5-13(6-4-12)8-10-17-18-13/h2-8,10H2,1H3. The van der Waals surface area contributed by atoms with E-state index in [9.17, 15) is 4.79 Å². The van der Waals surface area contributed by atoms with Gasteiger partial charge in [0.2, 0.25) is 0 Å². The monoisotopic (exact) mass is 253 g/mol. The molecule has 1 saturated heterocycles. The lowest BCUT2D eigenvalue weighted by Gasteiger charge is -2.40. The number of nitrogens with zero attached hydrogens (tertiary/aromatic N) is 1. The van der Waals surface area contributed by atoms with Gasteiger partial charge in [0.05, 0.1) is 31.1 Å². The second-order valence-electron chi connectivity index (χ2n) is 5.17. The highest BCUT2D eigenvalue weighted by Crippen LogP contribution is 2.48. The minimum atomic E-state index is -0.637. The summed E-state index contributed by atoms with van der Waals surface area (Å²) >= 11 is 0. The van der Waals surface area contributed by atoms with E-state index in [0.29, 0.717) is 26.1 Å². The van der Waals surface area contributed by atoms with Crippen LogP contribution in [0, 0.1) is 16.7 Å². The van der Waals surface area contributed by atoms with Gasteiger partial charge < -0.3 is 4.74 Å². The first-order valence-corrected chi connectivity index (χ1v) is 6.51. The number of carbonyl (C=O) groups excluding carboxylic acids is 1. The van der Waals surface area contributed by atoms with Crippen molar-refractivity contribution in [3.05, 3.63) is 0 Å². The molecule has 0 atom stereocenters. The SMILES string of the molecule is CCOC(=O)C1(CC#N)CCC2(CCOO2)CC1. The largest absolute Gasteiger partial charge is 0.466 e. The zero-order chi connectivity index (χ0) is 13.1. The van der Waals surface area contributed by atoms with Crippen LogP contribution in [0.4, 0.5) is 0 Å². The first-order chi connectivity index (χ1) is 8.66. The molecular formula is C13H19NO4. The fraction of sp³-hybridized carbons (Fsp3) is 0.846. The van der Waals surface area contributed by atoms with Gasteiger partial charge >= 0.3 is 5.97 Å². The number of nitriles is 1. The molecule has 2 rings (SSSR count). The Labute approximate surface area is 107 Å². The minimum absolute atomic E-state index is 0.225. The number of esters is 1. The van der Waals surface area contributed by atoms with Crippen LogP contribution < -0.4 is 0 Å². The average molecular weight is 253 g/mol. The number of hydrogen-bond acceptors (Lipinski definition) is 5. The number of carbonyl (C=O) groups is 1. The van der Waals surface area contributed by atoms with E-state index in [-0.39, 0.29) is 18.0 Å². The van der Waals surface area contributed by atoms with Gasteiger partial charge in [0, 0.05) is 6.42 Å². The molecular weight excluding hydrogens is 234 g/mol. The van der Waals surface area contributed by atoms with Crippen molar-refractivity contribution in [1.82, 2.24) is 0 Å². The quantitative estimate of drug-likeness (QED) is 0.569. The van der Waals surface area contributed by atoms with Crippen LogP contribution in [0.5, 0.6) is 0 Å². The van der Waals surface area contributed by atoms with Gasteiger partial charge in [-0.25, -0.2) is 9.78 Å². The summed E-state index contributed by atoms with van der Waals surface area (Å²) in [6.45, 7) is 2.76. The molecule has 1 saturated carbocycles. The average Bonchev–Trinajstić information content (AvgIpc) is 2.82. The van der Waals surface area contributed by atoms with Gasteiger partial charge in [-0.1, -0.05) is 0 Å². The molecule has 1 aliphatic carbocycles. The lowest BCUT2D eigenvalue weighted by atomic mass is 9.66. The van der Waals surface area contributed by atoms with Gasteiger partial charge in [-0.2, -0.15) is 5.26 Å². The van der Waals surface area contributed by atoms with E-state index < -0.39 is 5.41 Å². The molecule has 0 unspecified atom stereocenters. The molecule has 0 aromatic heterocycles. The summed E-state index contributed by atoms with van der Waals surface area (Å²) in [4.78, 5) is 22.4. The van der Waals surface area contributed by atoms with Crippen molar-refractivity contribution in [1.29, 1.82) is 5.26 Å². The highest BCUT2D eigenvalue weighted by Gasteiger charge is 2.50. The Hall–Kier alpha value is -1.12. The Morgan fingerprint density at radius 3 is 2.56 bits per heavy atom. The van der Waals surface area contributed by atoms with Gasteiger partial charge in [0.1, 0.15) is 5.60 Å². The van der Waals surface area contributed by atoms with Crippen LogP contribution in [-0.2, 0) is 19.3 Å². The lowest BCUT2D eigenvalue weighted by Crippen LogP contribution is -2.43. The van der Waals surface area contributed by atoms with Gasteiger partial charge in [-0.3, -0.25) is 4.79 Å². The molecule has 0 aromatic carbocycles. The van der Waals surface area contributed by atoms with E-state index in [1.165, 1.54) is 0 Å². The highest BCUT2D eigenvalue weighted by molar-refractivity contribution is 5.77.